The number of nitrogens with zero attached hydrogens (tertiary/aromatic N) is 1. The zero-order chi connectivity index (χ0) is 31.7. The minimum atomic E-state index is 0.779. The molecule has 0 radical (unpaired) electrons. The van der Waals surface area contributed by atoms with Crippen LogP contribution in [-0.2, 0) is 6.54 Å². The maximum absolute atomic E-state index is 6.31. The van der Waals surface area contributed by atoms with Crippen molar-refractivity contribution in [1.82, 2.24) is 4.57 Å². The molecule has 0 unspecified atom stereocenters. The van der Waals surface area contributed by atoms with Crippen LogP contribution in [0.4, 0.5) is 0 Å². The van der Waals surface area contributed by atoms with Crippen LogP contribution in [0.2, 0.25) is 0 Å². The monoisotopic (exact) mass is 615 g/mol. The van der Waals surface area contributed by atoms with Crippen LogP contribution in [0, 0.1) is 0 Å². The molecular weight excluding hydrogens is 587 g/mol. The number of rotatable bonds is 4. The van der Waals surface area contributed by atoms with Crippen LogP contribution in [0.15, 0.2) is 127 Å². The molecule has 0 N–H and O–H groups in total. The van der Waals surface area contributed by atoms with Crippen molar-refractivity contribution < 1.29 is 9.47 Å². The zero-order valence-electron chi connectivity index (χ0n) is 26.6. The minimum Gasteiger partial charge on any atom is -0.496 e. The number of fused-ring (bicyclic) bond motifs is 7. The van der Waals surface area contributed by atoms with Crippen molar-refractivity contribution in [3.8, 4) is 11.5 Å². The van der Waals surface area contributed by atoms with Crippen LogP contribution >= 0.6 is 0 Å². The first-order valence-electron chi connectivity index (χ1n) is 16.5. The fourth-order valence-electron chi connectivity index (χ4n) is 9.05. The molecule has 48 heavy (non-hydrogen) atoms. The van der Waals surface area contributed by atoms with E-state index in [1.165, 1.54) is 92.0 Å². The van der Waals surface area contributed by atoms with Crippen molar-refractivity contribution in [3.63, 3.8) is 0 Å². The van der Waals surface area contributed by atoms with E-state index in [-0.39, 0.29) is 0 Å². The van der Waals surface area contributed by atoms with Gasteiger partial charge in [-0.15, -0.1) is 0 Å². The molecule has 1 aromatic heterocycles. The summed E-state index contributed by atoms with van der Waals surface area (Å²) in [5, 5.41) is 19.7. The highest BCUT2D eigenvalue weighted by Crippen LogP contribution is 2.54. The number of benzene rings is 9. The zero-order valence-corrected chi connectivity index (χ0v) is 26.6. The Morgan fingerprint density at radius 1 is 0.354 bits per heavy atom. The van der Waals surface area contributed by atoms with Gasteiger partial charge in [0.1, 0.15) is 11.5 Å². The summed E-state index contributed by atoms with van der Waals surface area (Å²) in [6.45, 7) is 0.779. The number of methoxy groups -OCH3 is 2. The van der Waals surface area contributed by atoms with Gasteiger partial charge in [0.25, 0.3) is 0 Å². The van der Waals surface area contributed by atoms with Crippen LogP contribution in [0.3, 0.4) is 0 Å². The van der Waals surface area contributed by atoms with Gasteiger partial charge in [-0.1, -0.05) is 103 Å². The van der Waals surface area contributed by atoms with E-state index in [1.54, 1.807) is 14.2 Å². The maximum Gasteiger partial charge on any atom is 0.127 e. The van der Waals surface area contributed by atoms with Gasteiger partial charge in [-0.05, 0) is 72.9 Å². The predicted octanol–water partition coefficient (Wildman–Crippen LogP) is 11.8. The molecule has 226 valence electrons. The Bertz CT molecular complexity index is 2910. The van der Waals surface area contributed by atoms with E-state index in [1.807, 2.05) is 0 Å². The lowest BCUT2D eigenvalue weighted by Gasteiger charge is -2.20. The van der Waals surface area contributed by atoms with Crippen molar-refractivity contribution in [2.45, 2.75) is 6.54 Å². The highest BCUT2D eigenvalue weighted by atomic mass is 16.5. The largest absolute Gasteiger partial charge is 0.496 e. The second-order valence-corrected chi connectivity index (χ2v) is 13.1. The van der Waals surface area contributed by atoms with E-state index >= 15 is 0 Å². The molecule has 3 nitrogen and oxygen atoms in total. The number of hydrogen-bond donors (Lipinski definition) is 0. The van der Waals surface area contributed by atoms with Gasteiger partial charge in [0.2, 0.25) is 0 Å². The van der Waals surface area contributed by atoms with Crippen LogP contribution in [0.25, 0.3) is 97.2 Å². The first-order chi connectivity index (χ1) is 23.8. The Kier molecular flexibility index (Phi) is 5.03. The topological polar surface area (TPSA) is 23.4 Å². The number of ether oxygens (including phenoxy) is 2. The molecule has 3 heteroatoms. The Labute approximate surface area is 275 Å². The lowest BCUT2D eigenvalue weighted by Crippen LogP contribution is -1.99. The standard InChI is InChI=1S/C45H29NO2/c1-47-36-22-18-32-28-14-8-6-12-26(28)30-16-20-34-42-38(30)40(32)44(36)45-37(48-2)23-19-33-29-15-9-7-13-27(29)31-17-21-35(43(42)39(31)41(33)45)46(34)24-25-10-4-3-5-11-25/h3-23H,24H2,1-2H3. The Morgan fingerprint density at radius 2 is 0.729 bits per heavy atom. The fourth-order valence-corrected chi connectivity index (χ4v) is 9.05. The van der Waals surface area contributed by atoms with Crippen LogP contribution in [0.1, 0.15) is 5.56 Å². The lowest BCUT2D eigenvalue weighted by atomic mass is 9.84. The van der Waals surface area contributed by atoms with Crippen molar-refractivity contribution in [3.05, 3.63) is 133 Å². The number of aromatic nitrogens is 1. The van der Waals surface area contributed by atoms with E-state index in [0.29, 0.717) is 0 Å². The molecule has 0 fully saturated rings. The molecule has 0 aliphatic carbocycles. The fraction of sp³-hybridized carbons (Fsp3) is 0.0667. The number of hydrogen-bond acceptors (Lipinski definition) is 2. The summed E-state index contributed by atoms with van der Waals surface area (Å²) in [6.07, 6.45) is 0. The van der Waals surface area contributed by atoms with Crippen LogP contribution in [0.5, 0.6) is 11.5 Å². The van der Waals surface area contributed by atoms with Crippen molar-refractivity contribution >= 4 is 97.2 Å². The molecule has 0 bridgehead atoms. The van der Waals surface area contributed by atoms with Gasteiger partial charge in [-0.3, -0.25) is 0 Å². The summed E-state index contributed by atoms with van der Waals surface area (Å²) in [4.78, 5) is 0. The lowest BCUT2D eigenvalue weighted by molar-refractivity contribution is 0.416. The molecule has 0 aliphatic rings. The van der Waals surface area contributed by atoms with E-state index in [9.17, 15) is 0 Å². The SMILES string of the molecule is COc1ccc2c3ccccc3c3ccc4c5c3c2c1c1c(OC)ccc2c3ccccc3c3ccc(c5c3c21)n4Cc1ccccc1. The summed E-state index contributed by atoms with van der Waals surface area (Å²) in [7, 11) is 3.58. The second kappa shape index (κ2) is 9.27. The summed E-state index contributed by atoms with van der Waals surface area (Å²) >= 11 is 0. The molecule has 0 saturated carbocycles. The van der Waals surface area contributed by atoms with Gasteiger partial charge < -0.3 is 14.0 Å². The van der Waals surface area contributed by atoms with Gasteiger partial charge in [-0.2, -0.15) is 0 Å². The smallest absolute Gasteiger partial charge is 0.127 e. The Hall–Kier alpha value is -6.06. The van der Waals surface area contributed by atoms with E-state index in [0.717, 1.165) is 28.8 Å². The van der Waals surface area contributed by atoms with E-state index < -0.39 is 0 Å². The average molecular weight is 616 g/mol. The third-order valence-electron chi connectivity index (χ3n) is 10.9. The van der Waals surface area contributed by atoms with E-state index in [4.69, 9.17) is 9.47 Å². The first kappa shape index (κ1) is 26.1. The van der Waals surface area contributed by atoms with Crippen molar-refractivity contribution in [1.29, 1.82) is 0 Å². The quantitative estimate of drug-likeness (QED) is 0.184. The van der Waals surface area contributed by atoms with Crippen molar-refractivity contribution in [2.75, 3.05) is 14.2 Å². The molecular formula is C45H29NO2. The van der Waals surface area contributed by atoms with Gasteiger partial charge in [0, 0.05) is 49.6 Å². The third kappa shape index (κ3) is 3.09. The normalized spacial score (nSPS) is 12.5. The van der Waals surface area contributed by atoms with Gasteiger partial charge in [0.05, 0.1) is 25.3 Å². The molecule has 0 spiro atoms. The Morgan fingerprint density at radius 3 is 1.15 bits per heavy atom. The van der Waals surface area contributed by atoms with Gasteiger partial charge in [-0.25, -0.2) is 0 Å². The molecule has 0 atom stereocenters. The minimum absolute atomic E-state index is 0.779. The first-order valence-corrected chi connectivity index (χ1v) is 16.5. The van der Waals surface area contributed by atoms with Crippen LogP contribution in [-0.4, -0.2) is 18.8 Å². The van der Waals surface area contributed by atoms with Crippen LogP contribution < -0.4 is 9.47 Å². The van der Waals surface area contributed by atoms with Crippen molar-refractivity contribution in [2.24, 2.45) is 0 Å². The average Bonchev–Trinajstić information content (AvgIpc) is 3.46. The highest BCUT2D eigenvalue weighted by Gasteiger charge is 2.27. The highest BCUT2D eigenvalue weighted by molar-refractivity contribution is 6.48. The molecule has 0 aliphatic heterocycles. The van der Waals surface area contributed by atoms with Gasteiger partial charge in [0.15, 0.2) is 0 Å². The van der Waals surface area contributed by atoms with E-state index in [2.05, 4.69) is 132 Å². The molecule has 10 aromatic carbocycles. The molecule has 11 aromatic rings. The summed E-state index contributed by atoms with van der Waals surface area (Å²) in [5.74, 6) is 1.70. The Balaban J connectivity index is 1.58. The molecule has 0 saturated heterocycles. The molecule has 11 rings (SSSR count). The third-order valence-corrected chi connectivity index (χ3v) is 10.9. The predicted molar refractivity (Wildman–Crippen MR) is 203 cm³/mol. The second-order valence-electron chi connectivity index (χ2n) is 13.1. The van der Waals surface area contributed by atoms with Gasteiger partial charge >= 0.3 is 0 Å². The maximum atomic E-state index is 6.31. The summed E-state index contributed by atoms with van der Waals surface area (Å²) < 4.78 is 15.2. The molecule has 1 heterocycles. The molecule has 0 amide bonds. The summed E-state index contributed by atoms with van der Waals surface area (Å²) in [6, 6.07) is 46.8. The summed E-state index contributed by atoms with van der Waals surface area (Å²) in [5.41, 5.74) is 3.77.